The summed E-state index contributed by atoms with van der Waals surface area (Å²) in [5.41, 5.74) is 0. The quantitative estimate of drug-likeness (QED) is 0.528. The zero-order valence-corrected chi connectivity index (χ0v) is 9.42. The van der Waals surface area contributed by atoms with Crippen LogP contribution in [-0.2, 0) is 0 Å². The molecule has 0 bridgehead atoms. The molecular weight excluding hydrogens is 220 g/mol. The van der Waals surface area contributed by atoms with Crippen LogP contribution in [0.25, 0.3) is 0 Å². The molecule has 0 radical (unpaired) electrons. The van der Waals surface area contributed by atoms with Crippen LogP contribution in [0.4, 0.5) is 0 Å². The number of rotatable bonds is 4. The van der Waals surface area contributed by atoms with Crippen molar-refractivity contribution in [2.24, 2.45) is 0 Å². The number of alkyl halides is 1. The van der Waals surface area contributed by atoms with E-state index in [9.17, 15) is 0 Å². The molecule has 1 saturated carbocycles. The van der Waals surface area contributed by atoms with Crippen LogP contribution < -0.4 is 0 Å². The lowest BCUT2D eigenvalue weighted by atomic mass is 10.0. The molecular formula is C9H17BrS. The molecule has 0 spiro atoms. The van der Waals surface area contributed by atoms with Gasteiger partial charge in [-0.2, -0.15) is 11.8 Å². The van der Waals surface area contributed by atoms with E-state index in [0.717, 1.165) is 5.25 Å². The summed E-state index contributed by atoms with van der Waals surface area (Å²) in [5, 5.41) is 2.18. The Morgan fingerprint density at radius 2 is 1.91 bits per heavy atom. The zero-order chi connectivity index (χ0) is 7.94. The van der Waals surface area contributed by atoms with Gasteiger partial charge in [-0.1, -0.05) is 35.2 Å². The van der Waals surface area contributed by atoms with E-state index < -0.39 is 0 Å². The first-order valence-corrected chi connectivity index (χ1v) is 6.78. The van der Waals surface area contributed by atoms with Gasteiger partial charge in [-0.05, 0) is 25.0 Å². The van der Waals surface area contributed by atoms with Crippen LogP contribution in [0.1, 0.15) is 38.5 Å². The predicted octanol–water partition coefficient (Wildman–Crippen LogP) is 3.84. The Kier molecular flexibility index (Phi) is 5.73. The SMILES string of the molecule is BrCCCSC1CCCCC1. The van der Waals surface area contributed by atoms with Gasteiger partial charge in [0.2, 0.25) is 0 Å². The third-order valence-electron chi connectivity index (χ3n) is 2.18. The molecule has 0 unspecified atom stereocenters. The normalized spacial score (nSPS) is 20.5. The van der Waals surface area contributed by atoms with Crippen molar-refractivity contribution >= 4 is 27.7 Å². The largest absolute Gasteiger partial charge is 0.159 e. The molecule has 0 N–H and O–H groups in total. The van der Waals surface area contributed by atoms with Crippen LogP contribution in [0.2, 0.25) is 0 Å². The van der Waals surface area contributed by atoms with Crippen LogP contribution in [0.3, 0.4) is 0 Å². The maximum absolute atomic E-state index is 3.46. The molecule has 0 aromatic carbocycles. The summed E-state index contributed by atoms with van der Waals surface area (Å²) in [4.78, 5) is 0. The fourth-order valence-corrected chi connectivity index (χ4v) is 3.50. The monoisotopic (exact) mass is 236 g/mol. The van der Waals surface area contributed by atoms with Crippen molar-refractivity contribution in [1.29, 1.82) is 0 Å². The van der Waals surface area contributed by atoms with E-state index in [1.165, 1.54) is 49.6 Å². The first kappa shape index (κ1) is 9.91. The Hall–Kier alpha value is 0.830. The molecule has 1 aliphatic carbocycles. The number of hydrogen-bond donors (Lipinski definition) is 0. The minimum absolute atomic E-state index is 1.00. The first-order valence-electron chi connectivity index (χ1n) is 4.61. The van der Waals surface area contributed by atoms with E-state index in [-0.39, 0.29) is 0 Å². The van der Waals surface area contributed by atoms with Crippen LogP contribution in [0, 0.1) is 0 Å². The molecule has 1 fully saturated rings. The summed E-state index contributed by atoms with van der Waals surface area (Å²) in [7, 11) is 0. The zero-order valence-electron chi connectivity index (χ0n) is 7.02. The van der Waals surface area contributed by atoms with Gasteiger partial charge in [-0.25, -0.2) is 0 Å². The molecule has 0 aromatic rings. The third-order valence-corrected chi connectivity index (χ3v) is 4.21. The van der Waals surface area contributed by atoms with Gasteiger partial charge in [0.25, 0.3) is 0 Å². The van der Waals surface area contributed by atoms with E-state index in [1.54, 1.807) is 0 Å². The van der Waals surface area contributed by atoms with E-state index in [4.69, 9.17) is 0 Å². The molecule has 0 aromatic heterocycles. The molecule has 0 aliphatic heterocycles. The van der Waals surface area contributed by atoms with Crippen LogP contribution in [-0.4, -0.2) is 16.3 Å². The fourth-order valence-electron chi connectivity index (χ4n) is 1.54. The van der Waals surface area contributed by atoms with Crippen molar-refractivity contribution < 1.29 is 0 Å². The highest BCUT2D eigenvalue weighted by atomic mass is 79.9. The summed E-state index contributed by atoms with van der Waals surface area (Å²) in [5.74, 6) is 1.36. The maximum Gasteiger partial charge on any atom is 0.00470 e. The van der Waals surface area contributed by atoms with Crippen molar-refractivity contribution in [2.45, 2.75) is 43.8 Å². The molecule has 0 heterocycles. The lowest BCUT2D eigenvalue weighted by Gasteiger charge is -2.20. The lowest BCUT2D eigenvalue weighted by Crippen LogP contribution is -2.08. The van der Waals surface area contributed by atoms with Gasteiger partial charge in [-0.15, -0.1) is 0 Å². The van der Waals surface area contributed by atoms with E-state index in [0.29, 0.717) is 0 Å². The summed E-state index contributed by atoms with van der Waals surface area (Å²) in [6.07, 6.45) is 8.73. The molecule has 0 saturated heterocycles. The van der Waals surface area contributed by atoms with Crippen LogP contribution in [0.5, 0.6) is 0 Å². The minimum atomic E-state index is 1.00. The van der Waals surface area contributed by atoms with E-state index in [2.05, 4.69) is 27.7 Å². The molecule has 66 valence electrons. The maximum atomic E-state index is 3.46. The predicted molar refractivity (Wildman–Crippen MR) is 57.7 cm³/mol. The Bertz CT molecular complexity index is 89.6. The Morgan fingerprint density at radius 3 is 2.55 bits per heavy atom. The summed E-state index contributed by atoms with van der Waals surface area (Å²) < 4.78 is 0. The fraction of sp³-hybridized carbons (Fsp3) is 1.00. The van der Waals surface area contributed by atoms with Crippen LogP contribution in [0.15, 0.2) is 0 Å². The Morgan fingerprint density at radius 1 is 1.18 bits per heavy atom. The third kappa shape index (κ3) is 4.41. The Balaban J connectivity index is 1.96. The van der Waals surface area contributed by atoms with Gasteiger partial charge in [0, 0.05) is 10.6 Å². The molecule has 0 nitrogen and oxygen atoms in total. The van der Waals surface area contributed by atoms with Crippen molar-refractivity contribution in [3.05, 3.63) is 0 Å². The Labute approximate surface area is 82.6 Å². The lowest BCUT2D eigenvalue weighted by molar-refractivity contribution is 0.516. The van der Waals surface area contributed by atoms with Crippen molar-refractivity contribution in [2.75, 3.05) is 11.1 Å². The molecule has 11 heavy (non-hydrogen) atoms. The average molecular weight is 237 g/mol. The van der Waals surface area contributed by atoms with Gasteiger partial charge in [0.15, 0.2) is 0 Å². The molecule has 0 atom stereocenters. The molecule has 2 heteroatoms. The van der Waals surface area contributed by atoms with Gasteiger partial charge >= 0.3 is 0 Å². The van der Waals surface area contributed by atoms with Crippen molar-refractivity contribution in [3.63, 3.8) is 0 Å². The number of thioether (sulfide) groups is 1. The second-order valence-corrected chi connectivity index (χ2v) is 5.37. The second kappa shape index (κ2) is 6.36. The van der Waals surface area contributed by atoms with Gasteiger partial charge < -0.3 is 0 Å². The molecule has 1 rings (SSSR count). The van der Waals surface area contributed by atoms with E-state index in [1.807, 2.05) is 0 Å². The number of hydrogen-bond acceptors (Lipinski definition) is 1. The van der Waals surface area contributed by atoms with Gasteiger partial charge in [0.05, 0.1) is 0 Å². The molecule has 1 aliphatic rings. The van der Waals surface area contributed by atoms with Crippen molar-refractivity contribution in [3.8, 4) is 0 Å². The topological polar surface area (TPSA) is 0 Å². The van der Waals surface area contributed by atoms with Gasteiger partial charge in [-0.3, -0.25) is 0 Å². The molecule has 0 amide bonds. The second-order valence-electron chi connectivity index (χ2n) is 3.17. The highest BCUT2D eigenvalue weighted by Crippen LogP contribution is 2.28. The summed E-state index contributed by atoms with van der Waals surface area (Å²) >= 11 is 5.65. The van der Waals surface area contributed by atoms with Crippen molar-refractivity contribution in [1.82, 2.24) is 0 Å². The highest BCUT2D eigenvalue weighted by molar-refractivity contribution is 9.09. The minimum Gasteiger partial charge on any atom is -0.159 e. The first-order chi connectivity index (χ1) is 5.43. The van der Waals surface area contributed by atoms with E-state index >= 15 is 0 Å². The smallest absolute Gasteiger partial charge is 0.00470 e. The van der Waals surface area contributed by atoms with Crippen LogP contribution >= 0.6 is 27.7 Å². The number of halogens is 1. The highest BCUT2D eigenvalue weighted by Gasteiger charge is 2.12. The van der Waals surface area contributed by atoms with Gasteiger partial charge in [0.1, 0.15) is 0 Å². The average Bonchev–Trinajstić information content (AvgIpc) is 2.07. The summed E-state index contributed by atoms with van der Waals surface area (Å²) in [6.45, 7) is 0. The summed E-state index contributed by atoms with van der Waals surface area (Å²) in [6, 6.07) is 0. The standard InChI is InChI=1S/C9H17BrS/c10-7-4-8-11-9-5-2-1-3-6-9/h9H,1-8H2.